The second-order valence-corrected chi connectivity index (χ2v) is 7.79. The number of carbonyl (C=O) groups excluding carboxylic acids is 3. The monoisotopic (exact) mass is 460 g/mol. The zero-order chi connectivity index (χ0) is 25.0. The van der Waals surface area contributed by atoms with Crippen molar-refractivity contribution in [3.63, 3.8) is 0 Å². The van der Waals surface area contributed by atoms with Gasteiger partial charge in [0.25, 0.3) is 0 Å². The third-order valence-corrected chi connectivity index (χ3v) is 4.36. The second kappa shape index (κ2) is 14.0. The van der Waals surface area contributed by atoms with Gasteiger partial charge in [-0.2, -0.15) is 0 Å². The van der Waals surface area contributed by atoms with Crippen LogP contribution in [-0.2, 0) is 28.8 Å². The summed E-state index contributed by atoms with van der Waals surface area (Å²) in [6.07, 6.45) is -1.14. The lowest BCUT2D eigenvalue weighted by Gasteiger charge is -2.24. The topological polar surface area (TPSA) is 225 Å². The SMILES string of the molecule is CC(C)CC(NC(=O)C(CCC(=O)O)NC(=O)C(C)NC(=O)C(N)CCC(=O)O)C(=O)O. The number of carboxylic acid groups (broad SMARTS) is 3. The summed E-state index contributed by atoms with van der Waals surface area (Å²) in [5, 5.41) is 33.7. The highest BCUT2D eigenvalue weighted by atomic mass is 16.4. The lowest BCUT2D eigenvalue weighted by Crippen LogP contribution is -2.56. The van der Waals surface area contributed by atoms with E-state index in [-0.39, 0.29) is 31.6 Å². The molecule has 8 N–H and O–H groups in total. The molecule has 0 aromatic rings. The van der Waals surface area contributed by atoms with Crippen LogP contribution in [0.5, 0.6) is 0 Å². The first-order chi connectivity index (χ1) is 14.7. The molecule has 0 saturated carbocycles. The fraction of sp³-hybridized carbons (Fsp3) is 0.684. The average molecular weight is 460 g/mol. The highest BCUT2D eigenvalue weighted by Crippen LogP contribution is 2.07. The van der Waals surface area contributed by atoms with Crippen molar-refractivity contribution in [3.05, 3.63) is 0 Å². The molecule has 0 aromatic carbocycles. The van der Waals surface area contributed by atoms with Crippen molar-refractivity contribution in [2.75, 3.05) is 0 Å². The van der Waals surface area contributed by atoms with Gasteiger partial charge in [-0.1, -0.05) is 13.8 Å². The molecule has 0 saturated heterocycles. The normalized spacial score (nSPS) is 14.5. The first-order valence-electron chi connectivity index (χ1n) is 10.1. The predicted molar refractivity (Wildman–Crippen MR) is 110 cm³/mol. The molecule has 0 spiro atoms. The van der Waals surface area contributed by atoms with E-state index in [4.69, 9.17) is 15.9 Å². The van der Waals surface area contributed by atoms with E-state index < -0.39 is 66.2 Å². The zero-order valence-corrected chi connectivity index (χ0v) is 18.3. The van der Waals surface area contributed by atoms with Crippen molar-refractivity contribution in [2.45, 2.75) is 77.0 Å². The van der Waals surface area contributed by atoms with Crippen LogP contribution in [0.4, 0.5) is 0 Å². The molecule has 0 radical (unpaired) electrons. The summed E-state index contributed by atoms with van der Waals surface area (Å²) < 4.78 is 0. The Kier molecular flexibility index (Phi) is 12.6. The van der Waals surface area contributed by atoms with Crippen molar-refractivity contribution >= 4 is 35.6 Å². The van der Waals surface area contributed by atoms with Crippen LogP contribution in [0.1, 0.15) is 52.9 Å². The quantitative estimate of drug-likeness (QED) is 0.152. The van der Waals surface area contributed by atoms with E-state index in [1.807, 2.05) is 0 Å². The van der Waals surface area contributed by atoms with E-state index in [2.05, 4.69) is 16.0 Å². The van der Waals surface area contributed by atoms with Crippen LogP contribution in [-0.4, -0.2) is 75.1 Å². The molecule has 32 heavy (non-hydrogen) atoms. The van der Waals surface area contributed by atoms with Crippen LogP contribution in [0.3, 0.4) is 0 Å². The molecular weight excluding hydrogens is 428 g/mol. The molecule has 13 heteroatoms. The molecule has 0 aliphatic carbocycles. The molecule has 0 aromatic heterocycles. The Morgan fingerprint density at radius 3 is 1.69 bits per heavy atom. The first-order valence-corrected chi connectivity index (χ1v) is 10.1. The third-order valence-electron chi connectivity index (χ3n) is 4.36. The smallest absolute Gasteiger partial charge is 0.326 e. The highest BCUT2D eigenvalue weighted by molar-refractivity contribution is 5.94. The van der Waals surface area contributed by atoms with Gasteiger partial charge in [-0.05, 0) is 32.1 Å². The summed E-state index contributed by atoms with van der Waals surface area (Å²) in [6.45, 7) is 4.82. The summed E-state index contributed by atoms with van der Waals surface area (Å²) in [7, 11) is 0. The molecule has 182 valence electrons. The molecular formula is C19H32N4O9. The van der Waals surface area contributed by atoms with Gasteiger partial charge in [-0.15, -0.1) is 0 Å². The maximum atomic E-state index is 12.5. The number of amides is 3. The van der Waals surface area contributed by atoms with E-state index in [1.165, 1.54) is 6.92 Å². The van der Waals surface area contributed by atoms with Gasteiger partial charge in [0.1, 0.15) is 18.1 Å². The van der Waals surface area contributed by atoms with Gasteiger partial charge in [0, 0.05) is 12.8 Å². The maximum absolute atomic E-state index is 12.5. The van der Waals surface area contributed by atoms with Gasteiger partial charge < -0.3 is 37.0 Å². The lowest BCUT2D eigenvalue weighted by molar-refractivity contribution is -0.143. The third kappa shape index (κ3) is 11.8. The van der Waals surface area contributed by atoms with Crippen LogP contribution < -0.4 is 21.7 Å². The Bertz CT molecular complexity index is 711. The minimum Gasteiger partial charge on any atom is -0.481 e. The Morgan fingerprint density at radius 2 is 1.22 bits per heavy atom. The number of rotatable bonds is 15. The van der Waals surface area contributed by atoms with Crippen LogP contribution in [0.2, 0.25) is 0 Å². The molecule has 0 aliphatic rings. The molecule has 3 amide bonds. The van der Waals surface area contributed by atoms with Crippen molar-refractivity contribution < 1.29 is 44.1 Å². The Balaban J connectivity index is 5.14. The fourth-order valence-corrected chi connectivity index (χ4v) is 2.59. The minimum atomic E-state index is -1.35. The number of carboxylic acids is 3. The van der Waals surface area contributed by atoms with E-state index in [0.717, 1.165) is 0 Å². The van der Waals surface area contributed by atoms with Crippen LogP contribution in [0.15, 0.2) is 0 Å². The minimum absolute atomic E-state index is 0.0518. The van der Waals surface area contributed by atoms with Crippen molar-refractivity contribution in [2.24, 2.45) is 11.7 Å². The second-order valence-electron chi connectivity index (χ2n) is 7.79. The molecule has 4 unspecified atom stereocenters. The standard InChI is InChI=1S/C19H32N4O9/c1-9(2)8-13(19(31)32)23-18(30)12(5-7-15(26)27)22-16(28)10(3)21-17(29)11(20)4-6-14(24)25/h9-13H,4-8,20H2,1-3H3,(H,21,29)(H,22,28)(H,23,30)(H,24,25)(H,26,27)(H,31,32). The van der Waals surface area contributed by atoms with Crippen LogP contribution >= 0.6 is 0 Å². The number of aliphatic carboxylic acids is 3. The van der Waals surface area contributed by atoms with Crippen molar-refractivity contribution in [1.82, 2.24) is 16.0 Å². The summed E-state index contributed by atoms with van der Waals surface area (Å²) in [5.41, 5.74) is 5.58. The van der Waals surface area contributed by atoms with Crippen molar-refractivity contribution in [3.8, 4) is 0 Å². The molecule has 0 fully saturated rings. The number of hydrogen-bond acceptors (Lipinski definition) is 7. The fourth-order valence-electron chi connectivity index (χ4n) is 2.59. The number of nitrogens with two attached hydrogens (primary N) is 1. The number of hydrogen-bond donors (Lipinski definition) is 7. The van der Waals surface area contributed by atoms with E-state index in [1.54, 1.807) is 13.8 Å². The Hall–Kier alpha value is -3.22. The molecule has 0 aliphatic heterocycles. The molecule has 13 nitrogen and oxygen atoms in total. The summed E-state index contributed by atoms with van der Waals surface area (Å²) in [6, 6.07) is -4.92. The lowest BCUT2D eigenvalue weighted by atomic mass is 10.0. The van der Waals surface area contributed by atoms with Crippen molar-refractivity contribution in [1.29, 1.82) is 0 Å². The van der Waals surface area contributed by atoms with E-state index in [0.29, 0.717) is 0 Å². The highest BCUT2D eigenvalue weighted by Gasteiger charge is 2.29. The molecule has 0 bridgehead atoms. The molecule has 0 heterocycles. The Morgan fingerprint density at radius 1 is 0.719 bits per heavy atom. The van der Waals surface area contributed by atoms with E-state index >= 15 is 0 Å². The molecule has 0 rings (SSSR count). The number of nitrogens with one attached hydrogen (secondary N) is 3. The zero-order valence-electron chi connectivity index (χ0n) is 18.3. The van der Waals surface area contributed by atoms with Gasteiger partial charge in [0.15, 0.2) is 0 Å². The van der Waals surface area contributed by atoms with Crippen LogP contribution in [0, 0.1) is 5.92 Å². The predicted octanol–water partition coefficient (Wildman–Crippen LogP) is -1.35. The number of carbonyl (C=O) groups is 6. The summed E-state index contributed by atoms with van der Waals surface area (Å²) in [4.78, 5) is 69.8. The van der Waals surface area contributed by atoms with E-state index in [9.17, 15) is 33.9 Å². The van der Waals surface area contributed by atoms with Crippen LogP contribution in [0.25, 0.3) is 0 Å². The Labute approximate surface area is 185 Å². The van der Waals surface area contributed by atoms with Gasteiger partial charge in [0.05, 0.1) is 6.04 Å². The maximum Gasteiger partial charge on any atom is 0.326 e. The largest absolute Gasteiger partial charge is 0.481 e. The van der Waals surface area contributed by atoms with Gasteiger partial charge in [-0.3, -0.25) is 24.0 Å². The summed E-state index contributed by atoms with van der Waals surface area (Å²) in [5.74, 6) is -6.16. The van der Waals surface area contributed by atoms with Gasteiger partial charge in [-0.25, -0.2) is 4.79 Å². The van der Waals surface area contributed by atoms with Gasteiger partial charge in [0.2, 0.25) is 17.7 Å². The average Bonchev–Trinajstić information content (AvgIpc) is 2.67. The molecule has 4 atom stereocenters. The summed E-state index contributed by atoms with van der Waals surface area (Å²) >= 11 is 0. The van der Waals surface area contributed by atoms with Gasteiger partial charge >= 0.3 is 17.9 Å². The first kappa shape index (κ1) is 28.8.